The number of aromatic nitrogens is 1. The fourth-order valence-corrected chi connectivity index (χ4v) is 1.58. The summed E-state index contributed by atoms with van der Waals surface area (Å²) in [4.78, 5) is 26.6. The number of pyridine rings is 1. The van der Waals surface area contributed by atoms with Gasteiger partial charge in [0.15, 0.2) is 0 Å². The third kappa shape index (κ3) is 4.57. The van der Waals surface area contributed by atoms with Crippen LogP contribution < -0.4 is 10.1 Å². The average Bonchev–Trinajstić information content (AvgIpc) is 2.36. The second-order valence-electron chi connectivity index (χ2n) is 4.79. The fourth-order valence-electron chi connectivity index (χ4n) is 1.58. The number of nitrogens with zero attached hydrogens (tertiary/aromatic N) is 1. The Morgan fingerprint density at radius 1 is 1.47 bits per heavy atom. The monoisotopic (exact) mass is 266 g/mol. The minimum Gasteiger partial charge on any atom is -0.481 e. The van der Waals surface area contributed by atoms with Crippen LogP contribution >= 0.6 is 0 Å². The SMILES string of the molecule is COc1ncccc1C(=O)NC(C)(C)CCC(=O)O. The maximum Gasteiger partial charge on any atom is 0.303 e. The Hall–Kier alpha value is -2.11. The van der Waals surface area contributed by atoms with Gasteiger partial charge in [-0.1, -0.05) is 0 Å². The summed E-state index contributed by atoms with van der Waals surface area (Å²) in [6.45, 7) is 3.55. The lowest BCUT2D eigenvalue weighted by atomic mass is 9.98. The van der Waals surface area contributed by atoms with Crippen molar-refractivity contribution in [2.75, 3.05) is 7.11 Å². The number of hydrogen-bond acceptors (Lipinski definition) is 4. The molecule has 0 saturated carbocycles. The van der Waals surface area contributed by atoms with E-state index in [1.54, 1.807) is 26.0 Å². The van der Waals surface area contributed by atoms with Gasteiger partial charge >= 0.3 is 5.97 Å². The average molecular weight is 266 g/mol. The lowest BCUT2D eigenvalue weighted by Crippen LogP contribution is -2.43. The second-order valence-corrected chi connectivity index (χ2v) is 4.79. The molecule has 1 heterocycles. The number of carbonyl (C=O) groups is 2. The molecule has 0 aliphatic rings. The Balaban J connectivity index is 2.75. The molecule has 6 heteroatoms. The third-order valence-corrected chi connectivity index (χ3v) is 2.62. The first-order valence-electron chi connectivity index (χ1n) is 5.89. The summed E-state index contributed by atoms with van der Waals surface area (Å²) in [7, 11) is 1.44. The van der Waals surface area contributed by atoms with Crippen LogP contribution in [-0.4, -0.2) is 34.6 Å². The van der Waals surface area contributed by atoms with E-state index in [0.29, 0.717) is 12.0 Å². The molecule has 104 valence electrons. The molecule has 0 spiro atoms. The van der Waals surface area contributed by atoms with E-state index in [1.807, 2.05) is 0 Å². The molecule has 0 saturated heterocycles. The molecule has 19 heavy (non-hydrogen) atoms. The number of methoxy groups -OCH3 is 1. The highest BCUT2D eigenvalue weighted by atomic mass is 16.5. The van der Waals surface area contributed by atoms with E-state index in [1.165, 1.54) is 13.3 Å². The maximum atomic E-state index is 12.1. The van der Waals surface area contributed by atoms with Crippen molar-refractivity contribution in [3.63, 3.8) is 0 Å². The molecule has 1 aromatic heterocycles. The van der Waals surface area contributed by atoms with Crippen LogP contribution in [0, 0.1) is 0 Å². The van der Waals surface area contributed by atoms with Gasteiger partial charge in [0, 0.05) is 18.2 Å². The normalized spacial score (nSPS) is 10.9. The summed E-state index contributed by atoms with van der Waals surface area (Å²) in [6, 6.07) is 3.25. The number of amides is 1. The number of rotatable bonds is 6. The van der Waals surface area contributed by atoms with E-state index >= 15 is 0 Å². The quantitative estimate of drug-likeness (QED) is 0.813. The number of ether oxygens (including phenoxy) is 1. The summed E-state index contributed by atoms with van der Waals surface area (Å²) in [5.41, 5.74) is -0.288. The van der Waals surface area contributed by atoms with E-state index in [9.17, 15) is 9.59 Å². The van der Waals surface area contributed by atoms with Crippen molar-refractivity contribution in [3.05, 3.63) is 23.9 Å². The van der Waals surface area contributed by atoms with Gasteiger partial charge in [0.1, 0.15) is 5.56 Å². The molecule has 1 amide bonds. The molecular weight excluding hydrogens is 248 g/mol. The van der Waals surface area contributed by atoms with E-state index in [4.69, 9.17) is 9.84 Å². The van der Waals surface area contributed by atoms with Crippen molar-refractivity contribution in [1.29, 1.82) is 0 Å². The summed E-state index contributed by atoms with van der Waals surface area (Å²) < 4.78 is 5.01. The smallest absolute Gasteiger partial charge is 0.303 e. The lowest BCUT2D eigenvalue weighted by molar-refractivity contribution is -0.137. The molecule has 6 nitrogen and oxygen atoms in total. The van der Waals surface area contributed by atoms with Gasteiger partial charge in [-0.05, 0) is 32.4 Å². The fraction of sp³-hybridized carbons (Fsp3) is 0.462. The number of nitrogens with one attached hydrogen (secondary N) is 1. The zero-order valence-electron chi connectivity index (χ0n) is 11.3. The first-order chi connectivity index (χ1) is 8.85. The number of carboxylic acids is 1. The maximum absolute atomic E-state index is 12.1. The van der Waals surface area contributed by atoms with Gasteiger partial charge in [-0.2, -0.15) is 0 Å². The molecule has 0 radical (unpaired) electrons. The van der Waals surface area contributed by atoms with Crippen molar-refractivity contribution >= 4 is 11.9 Å². The van der Waals surface area contributed by atoms with Crippen LogP contribution in [0.2, 0.25) is 0 Å². The van der Waals surface area contributed by atoms with E-state index in [-0.39, 0.29) is 18.2 Å². The molecule has 0 unspecified atom stereocenters. The van der Waals surface area contributed by atoms with Crippen LogP contribution in [-0.2, 0) is 4.79 Å². The van der Waals surface area contributed by atoms with Crippen molar-refractivity contribution in [3.8, 4) is 5.88 Å². The van der Waals surface area contributed by atoms with Gasteiger partial charge in [0.25, 0.3) is 5.91 Å². The molecule has 2 N–H and O–H groups in total. The van der Waals surface area contributed by atoms with Crippen LogP contribution in [0.1, 0.15) is 37.0 Å². The first kappa shape index (κ1) is 14.9. The zero-order valence-corrected chi connectivity index (χ0v) is 11.3. The van der Waals surface area contributed by atoms with Crippen LogP contribution in [0.25, 0.3) is 0 Å². The standard InChI is InChI=1S/C13H18N2O4/c1-13(2,7-6-10(16)17)15-11(18)9-5-4-8-14-12(9)19-3/h4-5,8H,6-7H2,1-3H3,(H,15,18)(H,16,17). The Morgan fingerprint density at radius 3 is 2.74 bits per heavy atom. The van der Waals surface area contributed by atoms with Crippen LogP contribution in [0.3, 0.4) is 0 Å². The van der Waals surface area contributed by atoms with Crippen molar-refractivity contribution < 1.29 is 19.4 Å². The highest BCUT2D eigenvalue weighted by Crippen LogP contribution is 2.17. The molecule has 0 atom stereocenters. The topological polar surface area (TPSA) is 88.5 Å². The molecule has 1 aromatic rings. The van der Waals surface area contributed by atoms with Crippen molar-refractivity contribution in [2.45, 2.75) is 32.2 Å². The lowest BCUT2D eigenvalue weighted by Gasteiger charge is -2.25. The number of carboxylic acid groups (broad SMARTS) is 1. The predicted octanol–water partition coefficient (Wildman–Crippen LogP) is 1.46. The van der Waals surface area contributed by atoms with Crippen LogP contribution in [0.4, 0.5) is 0 Å². The van der Waals surface area contributed by atoms with Crippen molar-refractivity contribution in [2.24, 2.45) is 0 Å². The Labute approximate surface area is 111 Å². The summed E-state index contributed by atoms with van der Waals surface area (Å²) in [5, 5.41) is 11.4. The van der Waals surface area contributed by atoms with Gasteiger partial charge < -0.3 is 15.2 Å². The third-order valence-electron chi connectivity index (χ3n) is 2.62. The highest BCUT2D eigenvalue weighted by Gasteiger charge is 2.24. The minimum atomic E-state index is -0.888. The van der Waals surface area contributed by atoms with Gasteiger partial charge in [-0.15, -0.1) is 0 Å². The van der Waals surface area contributed by atoms with Gasteiger partial charge in [-0.25, -0.2) is 4.98 Å². The zero-order chi connectivity index (χ0) is 14.5. The summed E-state index contributed by atoms with van der Waals surface area (Å²) in [5.74, 6) is -0.976. The van der Waals surface area contributed by atoms with Crippen LogP contribution in [0.15, 0.2) is 18.3 Å². The molecule has 0 fully saturated rings. The molecule has 0 aromatic carbocycles. The second kappa shape index (κ2) is 6.17. The van der Waals surface area contributed by atoms with Gasteiger partial charge in [0.2, 0.25) is 5.88 Å². The minimum absolute atomic E-state index is 0.00253. The van der Waals surface area contributed by atoms with E-state index in [2.05, 4.69) is 10.3 Å². The molecule has 1 rings (SSSR count). The first-order valence-corrected chi connectivity index (χ1v) is 5.89. The van der Waals surface area contributed by atoms with E-state index in [0.717, 1.165) is 0 Å². The van der Waals surface area contributed by atoms with Crippen molar-refractivity contribution in [1.82, 2.24) is 10.3 Å². The molecule has 0 aliphatic carbocycles. The summed E-state index contributed by atoms with van der Waals surface area (Å²) >= 11 is 0. The predicted molar refractivity (Wildman–Crippen MR) is 69.2 cm³/mol. The Morgan fingerprint density at radius 2 is 2.16 bits per heavy atom. The number of hydrogen-bond donors (Lipinski definition) is 2. The van der Waals surface area contributed by atoms with Crippen LogP contribution in [0.5, 0.6) is 5.88 Å². The summed E-state index contributed by atoms with van der Waals surface area (Å²) in [6.07, 6.45) is 1.87. The van der Waals surface area contributed by atoms with Gasteiger partial charge in [-0.3, -0.25) is 9.59 Å². The molecule has 0 aliphatic heterocycles. The molecular formula is C13H18N2O4. The van der Waals surface area contributed by atoms with Gasteiger partial charge in [0.05, 0.1) is 7.11 Å². The number of carbonyl (C=O) groups excluding carboxylic acids is 1. The van der Waals surface area contributed by atoms with E-state index < -0.39 is 11.5 Å². The largest absolute Gasteiger partial charge is 0.481 e. The highest BCUT2D eigenvalue weighted by molar-refractivity contribution is 5.96. The Bertz CT molecular complexity index is 471. The molecule has 0 bridgehead atoms. The Kier molecular flexibility index (Phi) is 4.86. The number of aliphatic carboxylic acids is 1.